The van der Waals surface area contributed by atoms with Gasteiger partial charge in [-0.1, -0.05) is 11.6 Å². The maximum atomic E-state index is 13.3. The summed E-state index contributed by atoms with van der Waals surface area (Å²) in [4.78, 5) is 8.57. The van der Waals surface area contributed by atoms with E-state index >= 15 is 0 Å². The van der Waals surface area contributed by atoms with Gasteiger partial charge in [-0.3, -0.25) is 0 Å². The van der Waals surface area contributed by atoms with E-state index in [1.54, 1.807) is 6.07 Å². The third kappa shape index (κ3) is 3.19. The number of fused-ring (bicyclic) bond motifs is 1. The van der Waals surface area contributed by atoms with E-state index in [2.05, 4.69) is 20.6 Å². The third-order valence-electron chi connectivity index (χ3n) is 3.49. The molecular weight excluding hydrogens is 331 g/mol. The fourth-order valence-electron chi connectivity index (χ4n) is 2.36. The van der Waals surface area contributed by atoms with Gasteiger partial charge >= 0.3 is 0 Å². The van der Waals surface area contributed by atoms with Gasteiger partial charge in [0.2, 0.25) is 0 Å². The molecule has 0 bridgehead atoms. The molecule has 1 heterocycles. The molecule has 0 radical (unpaired) electrons. The SMILES string of the molecule is CCOc1cc2ncnc(Nc3ccc(F)c(Cl)c3)c2cc1NC. The van der Waals surface area contributed by atoms with Crippen molar-refractivity contribution in [1.29, 1.82) is 0 Å². The molecule has 0 spiro atoms. The number of hydrogen-bond acceptors (Lipinski definition) is 5. The van der Waals surface area contributed by atoms with Crippen LogP contribution in [-0.2, 0) is 0 Å². The molecule has 3 aromatic rings. The minimum Gasteiger partial charge on any atom is -0.492 e. The summed E-state index contributed by atoms with van der Waals surface area (Å²) < 4.78 is 18.9. The van der Waals surface area contributed by atoms with Crippen molar-refractivity contribution in [2.75, 3.05) is 24.3 Å². The first-order valence-corrected chi connectivity index (χ1v) is 7.81. The van der Waals surface area contributed by atoms with Crippen molar-refractivity contribution in [2.45, 2.75) is 6.92 Å². The second kappa shape index (κ2) is 6.88. The highest BCUT2D eigenvalue weighted by Crippen LogP contribution is 2.33. The standard InChI is InChI=1S/C17H16ClFN4O/c1-3-24-16-8-14-11(7-15(16)20-2)17(22-9-21-14)23-10-4-5-13(19)12(18)6-10/h4-9,20H,3H2,1-2H3,(H,21,22,23). The summed E-state index contributed by atoms with van der Waals surface area (Å²) in [5.41, 5.74) is 2.21. The molecule has 0 aliphatic carbocycles. The van der Waals surface area contributed by atoms with Crippen molar-refractivity contribution in [1.82, 2.24) is 9.97 Å². The predicted octanol–water partition coefficient (Wildman–Crippen LogP) is 4.61. The lowest BCUT2D eigenvalue weighted by Crippen LogP contribution is -2.00. The Bertz CT molecular complexity index is 888. The maximum Gasteiger partial charge on any atom is 0.144 e. The zero-order valence-corrected chi connectivity index (χ0v) is 14.0. The summed E-state index contributed by atoms with van der Waals surface area (Å²) in [5.74, 6) is 0.859. The van der Waals surface area contributed by atoms with Crippen LogP contribution in [0.3, 0.4) is 0 Å². The van der Waals surface area contributed by atoms with Gasteiger partial charge in [-0.05, 0) is 31.2 Å². The summed E-state index contributed by atoms with van der Waals surface area (Å²) in [7, 11) is 1.82. The quantitative estimate of drug-likeness (QED) is 0.706. The Morgan fingerprint density at radius 2 is 2.04 bits per heavy atom. The lowest BCUT2D eigenvalue weighted by Gasteiger charge is -2.13. The average Bonchev–Trinajstić information content (AvgIpc) is 2.58. The summed E-state index contributed by atoms with van der Waals surface area (Å²) in [5, 5.41) is 7.11. The van der Waals surface area contributed by atoms with E-state index in [0.29, 0.717) is 18.1 Å². The molecule has 0 saturated carbocycles. The Hall–Kier alpha value is -2.60. The highest BCUT2D eigenvalue weighted by atomic mass is 35.5. The molecule has 5 nitrogen and oxygen atoms in total. The normalized spacial score (nSPS) is 10.7. The zero-order chi connectivity index (χ0) is 17.1. The summed E-state index contributed by atoms with van der Waals surface area (Å²) in [6, 6.07) is 8.18. The number of anilines is 3. The summed E-state index contributed by atoms with van der Waals surface area (Å²) in [6.07, 6.45) is 1.46. The maximum absolute atomic E-state index is 13.3. The van der Waals surface area contributed by atoms with Crippen LogP contribution in [0.15, 0.2) is 36.7 Å². The number of nitrogens with one attached hydrogen (secondary N) is 2. The smallest absolute Gasteiger partial charge is 0.144 e. The lowest BCUT2D eigenvalue weighted by atomic mass is 10.2. The molecule has 3 rings (SSSR count). The molecule has 2 aromatic carbocycles. The Morgan fingerprint density at radius 1 is 1.21 bits per heavy atom. The van der Waals surface area contributed by atoms with Crippen LogP contribution in [0, 0.1) is 5.82 Å². The number of hydrogen-bond donors (Lipinski definition) is 2. The van der Waals surface area contributed by atoms with Crippen molar-refractivity contribution >= 4 is 39.7 Å². The minimum absolute atomic E-state index is 0.0490. The molecule has 0 saturated heterocycles. The molecule has 1 aromatic heterocycles. The Labute approximate surface area is 143 Å². The highest BCUT2D eigenvalue weighted by molar-refractivity contribution is 6.31. The Balaban J connectivity index is 2.05. The van der Waals surface area contributed by atoms with E-state index in [4.69, 9.17) is 16.3 Å². The van der Waals surface area contributed by atoms with Crippen LogP contribution in [0.2, 0.25) is 5.02 Å². The summed E-state index contributed by atoms with van der Waals surface area (Å²) in [6.45, 7) is 2.49. The van der Waals surface area contributed by atoms with Gasteiger partial charge in [-0.15, -0.1) is 0 Å². The van der Waals surface area contributed by atoms with Crippen LogP contribution in [0.4, 0.5) is 21.6 Å². The predicted molar refractivity (Wildman–Crippen MR) is 94.9 cm³/mol. The third-order valence-corrected chi connectivity index (χ3v) is 3.78. The van der Waals surface area contributed by atoms with Gasteiger partial charge in [0.05, 0.1) is 22.8 Å². The Morgan fingerprint density at radius 3 is 2.75 bits per heavy atom. The molecule has 124 valence electrons. The number of ether oxygens (including phenoxy) is 1. The number of nitrogens with zero attached hydrogens (tertiary/aromatic N) is 2. The molecule has 0 atom stereocenters. The van der Waals surface area contributed by atoms with Crippen molar-refractivity contribution in [3.8, 4) is 5.75 Å². The van der Waals surface area contributed by atoms with Crippen LogP contribution in [0.5, 0.6) is 5.75 Å². The van der Waals surface area contributed by atoms with Gasteiger partial charge in [0.25, 0.3) is 0 Å². The molecule has 0 aliphatic heterocycles. The fraction of sp³-hybridized carbons (Fsp3) is 0.176. The van der Waals surface area contributed by atoms with Gasteiger partial charge in [0, 0.05) is 24.2 Å². The van der Waals surface area contributed by atoms with Gasteiger partial charge in [-0.25, -0.2) is 14.4 Å². The number of halogens is 2. The van der Waals surface area contributed by atoms with E-state index in [9.17, 15) is 4.39 Å². The van der Waals surface area contributed by atoms with Crippen LogP contribution < -0.4 is 15.4 Å². The van der Waals surface area contributed by atoms with Crippen LogP contribution in [-0.4, -0.2) is 23.6 Å². The van der Waals surface area contributed by atoms with Crippen LogP contribution in [0.1, 0.15) is 6.92 Å². The molecule has 24 heavy (non-hydrogen) atoms. The van der Waals surface area contributed by atoms with Crippen molar-refractivity contribution in [3.05, 3.63) is 47.5 Å². The molecule has 7 heteroatoms. The molecular formula is C17H16ClFN4O. The van der Waals surface area contributed by atoms with Crippen molar-refractivity contribution < 1.29 is 9.13 Å². The first-order valence-electron chi connectivity index (χ1n) is 7.43. The monoisotopic (exact) mass is 346 g/mol. The van der Waals surface area contributed by atoms with E-state index in [0.717, 1.165) is 22.3 Å². The second-order valence-corrected chi connectivity index (χ2v) is 5.43. The van der Waals surface area contributed by atoms with E-state index < -0.39 is 5.82 Å². The molecule has 2 N–H and O–H groups in total. The van der Waals surface area contributed by atoms with Gasteiger partial charge in [-0.2, -0.15) is 0 Å². The fourth-order valence-corrected chi connectivity index (χ4v) is 2.54. The van der Waals surface area contributed by atoms with Crippen LogP contribution in [0.25, 0.3) is 10.9 Å². The highest BCUT2D eigenvalue weighted by Gasteiger charge is 2.11. The molecule has 0 aliphatic rings. The van der Waals surface area contributed by atoms with Gasteiger partial charge in [0.1, 0.15) is 23.7 Å². The molecule has 0 fully saturated rings. The zero-order valence-electron chi connectivity index (χ0n) is 13.2. The Kier molecular flexibility index (Phi) is 4.66. The molecule has 0 unspecified atom stereocenters. The first-order chi connectivity index (χ1) is 11.6. The van der Waals surface area contributed by atoms with Crippen molar-refractivity contribution in [2.24, 2.45) is 0 Å². The minimum atomic E-state index is -0.464. The largest absolute Gasteiger partial charge is 0.492 e. The topological polar surface area (TPSA) is 59.1 Å². The van der Waals surface area contributed by atoms with E-state index in [1.807, 2.05) is 26.1 Å². The van der Waals surface area contributed by atoms with Gasteiger partial charge in [0.15, 0.2) is 0 Å². The second-order valence-electron chi connectivity index (χ2n) is 5.02. The summed E-state index contributed by atoms with van der Waals surface area (Å²) >= 11 is 5.83. The lowest BCUT2D eigenvalue weighted by molar-refractivity contribution is 0.342. The van der Waals surface area contributed by atoms with E-state index in [1.165, 1.54) is 18.5 Å². The number of rotatable bonds is 5. The van der Waals surface area contributed by atoms with E-state index in [-0.39, 0.29) is 5.02 Å². The number of benzene rings is 2. The molecule has 0 amide bonds. The van der Waals surface area contributed by atoms with Crippen molar-refractivity contribution in [3.63, 3.8) is 0 Å². The number of aromatic nitrogens is 2. The average molecular weight is 347 g/mol. The van der Waals surface area contributed by atoms with Crippen LogP contribution >= 0.6 is 11.6 Å². The first kappa shape index (κ1) is 16.3. The van der Waals surface area contributed by atoms with Gasteiger partial charge < -0.3 is 15.4 Å².